The molecule has 2 heterocycles. The number of fused-ring (bicyclic) bond motifs is 1. The molecular formula is C14H11N3O3. The van der Waals surface area contributed by atoms with E-state index in [-0.39, 0.29) is 5.69 Å². The van der Waals surface area contributed by atoms with E-state index in [0.717, 1.165) is 16.5 Å². The van der Waals surface area contributed by atoms with E-state index in [0.29, 0.717) is 18.4 Å². The average Bonchev–Trinajstić information content (AvgIpc) is 2.85. The first-order valence-corrected chi connectivity index (χ1v) is 6.04. The number of benzene rings is 1. The zero-order chi connectivity index (χ0) is 14.1. The summed E-state index contributed by atoms with van der Waals surface area (Å²) in [4.78, 5) is 22.2. The molecule has 20 heavy (non-hydrogen) atoms. The molecule has 0 bridgehead atoms. The van der Waals surface area contributed by atoms with Gasteiger partial charge in [0.2, 0.25) is 0 Å². The molecule has 0 aliphatic rings. The number of hydrogen-bond donors (Lipinski definition) is 0. The molecule has 0 saturated carbocycles. The quantitative estimate of drug-likeness (QED) is 0.532. The molecule has 100 valence electrons. The van der Waals surface area contributed by atoms with Gasteiger partial charge in [0.05, 0.1) is 12.7 Å². The van der Waals surface area contributed by atoms with Crippen LogP contribution in [0.25, 0.3) is 11.0 Å². The van der Waals surface area contributed by atoms with Gasteiger partial charge in [0.15, 0.2) is 6.29 Å². The summed E-state index contributed by atoms with van der Waals surface area (Å²) in [5.41, 5.74) is 2.19. The highest BCUT2D eigenvalue weighted by Crippen LogP contribution is 2.19. The van der Waals surface area contributed by atoms with Crippen molar-refractivity contribution in [1.82, 2.24) is 15.0 Å². The smallest absolute Gasteiger partial charge is 0.336 e. The van der Waals surface area contributed by atoms with Gasteiger partial charge >= 0.3 is 5.63 Å². The monoisotopic (exact) mass is 269 g/mol. The molecule has 6 heteroatoms. The van der Waals surface area contributed by atoms with E-state index in [2.05, 4.69) is 10.3 Å². The molecule has 0 aliphatic carbocycles. The molecule has 0 atom stereocenters. The first kappa shape index (κ1) is 12.3. The normalized spacial score (nSPS) is 10.8. The van der Waals surface area contributed by atoms with Gasteiger partial charge in [0.1, 0.15) is 11.3 Å². The van der Waals surface area contributed by atoms with Crippen LogP contribution < -0.4 is 5.63 Å². The van der Waals surface area contributed by atoms with Crippen molar-refractivity contribution in [2.24, 2.45) is 0 Å². The number of nitrogens with zero attached hydrogens (tertiary/aromatic N) is 3. The van der Waals surface area contributed by atoms with Gasteiger partial charge < -0.3 is 4.42 Å². The molecule has 0 saturated heterocycles. The van der Waals surface area contributed by atoms with Crippen molar-refractivity contribution < 1.29 is 9.21 Å². The largest absolute Gasteiger partial charge is 0.423 e. The Bertz CT molecular complexity index is 848. The third-order valence-electron chi connectivity index (χ3n) is 3.00. The second-order valence-corrected chi connectivity index (χ2v) is 4.55. The highest BCUT2D eigenvalue weighted by atomic mass is 16.4. The maximum atomic E-state index is 11.6. The first-order valence-electron chi connectivity index (χ1n) is 6.04. The average molecular weight is 269 g/mol. The number of carbonyl (C=O) groups is 1. The van der Waals surface area contributed by atoms with E-state index < -0.39 is 5.63 Å². The predicted octanol–water partition coefficient (Wildman–Crippen LogP) is 1.55. The zero-order valence-electron chi connectivity index (χ0n) is 10.7. The molecule has 0 spiro atoms. The summed E-state index contributed by atoms with van der Waals surface area (Å²) in [7, 11) is 0. The Balaban J connectivity index is 2.10. The van der Waals surface area contributed by atoms with E-state index in [9.17, 15) is 9.59 Å². The van der Waals surface area contributed by atoms with E-state index in [1.807, 2.05) is 25.1 Å². The topological polar surface area (TPSA) is 78.0 Å². The summed E-state index contributed by atoms with van der Waals surface area (Å²) in [5.74, 6) is 0. The summed E-state index contributed by atoms with van der Waals surface area (Å²) in [6, 6.07) is 7.10. The van der Waals surface area contributed by atoms with Crippen LogP contribution in [0.5, 0.6) is 0 Å². The SMILES string of the molecule is Cc1ccc2c(Cn3cc(C=O)nn3)cc(=O)oc2c1. The molecule has 0 amide bonds. The second-order valence-electron chi connectivity index (χ2n) is 4.55. The molecular weight excluding hydrogens is 258 g/mol. The summed E-state index contributed by atoms with van der Waals surface area (Å²) in [6.07, 6.45) is 2.16. The molecule has 2 aromatic heterocycles. The fourth-order valence-corrected chi connectivity index (χ4v) is 2.09. The maximum Gasteiger partial charge on any atom is 0.336 e. The van der Waals surface area contributed by atoms with Crippen LogP contribution in [0.1, 0.15) is 21.6 Å². The van der Waals surface area contributed by atoms with E-state index in [1.165, 1.54) is 16.9 Å². The number of hydrogen-bond acceptors (Lipinski definition) is 5. The lowest BCUT2D eigenvalue weighted by atomic mass is 10.1. The third-order valence-corrected chi connectivity index (χ3v) is 3.00. The minimum absolute atomic E-state index is 0.258. The Labute approximate surface area is 113 Å². The maximum absolute atomic E-state index is 11.6. The number of aromatic nitrogens is 3. The Hall–Kier alpha value is -2.76. The van der Waals surface area contributed by atoms with Gasteiger partial charge in [0, 0.05) is 11.5 Å². The highest BCUT2D eigenvalue weighted by Gasteiger charge is 2.08. The number of rotatable bonds is 3. The van der Waals surface area contributed by atoms with E-state index in [4.69, 9.17) is 4.42 Å². The van der Waals surface area contributed by atoms with Gasteiger partial charge in [-0.05, 0) is 24.1 Å². The van der Waals surface area contributed by atoms with Crippen molar-refractivity contribution in [1.29, 1.82) is 0 Å². The molecule has 0 radical (unpaired) electrons. The zero-order valence-corrected chi connectivity index (χ0v) is 10.7. The molecule has 0 N–H and O–H groups in total. The Kier molecular flexibility index (Phi) is 2.90. The minimum Gasteiger partial charge on any atom is -0.423 e. The lowest BCUT2D eigenvalue weighted by Crippen LogP contribution is -2.06. The summed E-state index contributed by atoms with van der Waals surface area (Å²) < 4.78 is 6.70. The summed E-state index contributed by atoms with van der Waals surface area (Å²) >= 11 is 0. The van der Waals surface area contributed by atoms with Gasteiger partial charge in [-0.15, -0.1) is 5.10 Å². The molecule has 3 aromatic rings. The van der Waals surface area contributed by atoms with Crippen molar-refractivity contribution in [3.63, 3.8) is 0 Å². The standard InChI is InChI=1S/C14H11N3O3/c1-9-2-3-12-10(5-14(19)20-13(12)4-9)6-17-7-11(8-18)15-16-17/h2-5,7-8H,6H2,1H3. The van der Waals surface area contributed by atoms with Crippen LogP contribution >= 0.6 is 0 Å². The van der Waals surface area contributed by atoms with Crippen molar-refractivity contribution in [2.45, 2.75) is 13.5 Å². The van der Waals surface area contributed by atoms with Crippen LogP contribution in [-0.2, 0) is 6.54 Å². The van der Waals surface area contributed by atoms with Crippen molar-refractivity contribution >= 4 is 17.3 Å². The molecule has 6 nitrogen and oxygen atoms in total. The van der Waals surface area contributed by atoms with E-state index >= 15 is 0 Å². The van der Waals surface area contributed by atoms with Crippen LogP contribution in [0.2, 0.25) is 0 Å². The highest BCUT2D eigenvalue weighted by molar-refractivity contribution is 5.80. The fraction of sp³-hybridized carbons (Fsp3) is 0.143. The lowest BCUT2D eigenvalue weighted by molar-refractivity contribution is 0.111. The van der Waals surface area contributed by atoms with Gasteiger partial charge in [-0.25, -0.2) is 9.48 Å². The predicted molar refractivity (Wildman–Crippen MR) is 71.7 cm³/mol. The Morgan fingerprint density at radius 3 is 2.95 bits per heavy atom. The van der Waals surface area contributed by atoms with Crippen LogP contribution in [0.4, 0.5) is 0 Å². The number of aryl methyl sites for hydroxylation is 1. The minimum atomic E-state index is -0.408. The van der Waals surface area contributed by atoms with Crippen molar-refractivity contribution in [3.05, 3.63) is 57.7 Å². The third kappa shape index (κ3) is 2.23. The van der Waals surface area contributed by atoms with Crippen LogP contribution in [0.15, 0.2) is 39.7 Å². The van der Waals surface area contributed by atoms with Crippen LogP contribution in [0.3, 0.4) is 0 Å². The Morgan fingerprint density at radius 1 is 1.35 bits per heavy atom. The first-order chi connectivity index (χ1) is 9.65. The summed E-state index contributed by atoms with van der Waals surface area (Å²) in [6.45, 7) is 2.28. The van der Waals surface area contributed by atoms with Crippen molar-refractivity contribution in [2.75, 3.05) is 0 Å². The number of aldehydes is 1. The lowest BCUT2D eigenvalue weighted by Gasteiger charge is -2.05. The Morgan fingerprint density at radius 2 is 2.20 bits per heavy atom. The molecule has 3 rings (SSSR count). The van der Waals surface area contributed by atoms with Gasteiger partial charge in [-0.2, -0.15) is 0 Å². The molecule has 0 aliphatic heterocycles. The van der Waals surface area contributed by atoms with Gasteiger partial charge in [0.25, 0.3) is 0 Å². The van der Waals surface area contributed by atoms with Crippen molar-refractivity contribution in [3.8, 4) is 0 Å². The fourth-order valence-electron chi connectivity index (χ4n) is 2.09. The van der Waals surface area contributed by atoms with Crippen LogP contribution in [-0.4, -0.2) is 21.3 Å². The molecule has 1 aromatic carbocycles. The number of carbonyl (C=O) groups excluding carboxylic acids is 1. The van der Waals surface area contributed by atoms with Crippen LogP contribution in [0, 0.1) is 6.92 Å². The van der Waals surface area contributed by atoms with E-state index in [1.54, 1.807) is 0 Å². The second kappa shape index (κ2) is 4.73. The molecule has 0 unspecified atom stereocenters. The van der Waals surface area contributed by atoms with Gasteiger partial charge in [-0.1, -0.05) is 17.3 Å². The summed E-state index contributed by atoms with van der Waals surface area (Å²) in [5, 5.41) is 8.38. The van der Waals surface area contributed by atoms with Gasteiger partial charge in [-0.3, -0.25) is 4.79 Å². The molecule has 0 fully saturated rings.